The Balaban J connectivity index is 1.91. The van der Waals surface area contributed by atoms with Crippen molar-refractivity contribution >= 4 is 11.9 Å². The number of hydrogen-bond acceptors (Lipinski definition) is 6. The normalized spacial score (nSPS) is 43.2. The fourth-order valence-electron chi connectivity index (χ4n) is 6.53. The number of cyclic esters (lactones) is 1. The van der Waals surface area contributed by atoms with E-state index < -0.39 is 23.7 Å². The fourth-order valence-corrected chi connectivity index (χ4v) is 6.53. The first kappa shape index (κ1) is 24.2. The second kappa shape index (κ2) is 8.51. The molecule has 0 bridgehead atoms. The largest absolute Gasteiger partial charge is 0.462 e. The van der Waals surface area contributed by atoms with Gasteiger partial charge in [-0.3, -0.25) is 9.59 Å². The van der Waals surface area contributed by atoms with Gasteiger partial charge in [-0.25, -0.2) is 0 Å². The van der Waals surface area contributed by atoms with Crippen LogP contribution in [0.25, 0.3) is 0 Å². The molecule has 3 rings (SSSR count). The van der Waals surface area contributed by atoms with Gasteiger partial charge in [0.1, 0.15) is 12.2 Å². The molecule has 0 spiro atoms. The van der Waals surface area contributed by atoms with Crippen molar-refractivity contribution in [3.05, 3.63) is 12.2 Å². The van der Waals surface area contributed by atoms with Crippen LogP contribution in [0.1, 0.15) is 73.6 Å². The summed E-state index contributed by atoms with van der Waals surface area (Å²) < 4.78 is 11.4. The summed E-state index contributed by atoms with van der Waals surface area (Å²) in [5, 5.41) is 22.1. The monoisotopic (exact) mass is 436 g/mol. The minimum absolute atomic E-state index is 0.0102. The van der Waals surface area contributed by atoms with E-state index in [1.165, 1.54) is 0 Å². The molecule has 2 aliphatic carbocycles. The lowest BCUT2D eigenvalue weighted by atomic mass is 9.45. The first-order valence-corrected chi connectivity index (χ1v) is 11.8. The lowest BCUT2D eigenvalue weighted by molar-refractivity contribution is -0.214. The molecule has 0 amide bonds. The van der Waals surface area contributed by atoms with Crippen LogP contribution >= 0.6 is 0 Å². The smallest absolute Gasteiger partial charge is 0.309 e. The predicted molar refractivity (Wildman–Crippen MR) is 117 cm³/mol. The Labute approximate surface area is 186 Å². The Morgan fingerprint density at radius 2 is 1.97 bits per heavy atom. The lowest BCUT2D eigenvalue weighted by Crippen LogP contribution is -2.63. The van der Waals surface area contributed by atoms with E-state index in [0.29, 0.717) is 32.1 Å². The topological polar surface area (TPSA) is 93.1 Å². The van der Waals surface area contributed by atoms with Gasteiger partial charge in [-0.05, 0) is 48.5 Å². The lowest BCUT2D eigenvalue weighted by Gasteiger charge is -2.62. The molecule has 1 saturated heterocycles. The van der Waals surface area contributed by atoms with E-state index in [-0.39, 0.29) is 47.1 Å². The maximum Gasteiger partial charge on any atom is 0.309 e. The molecule has 0 radical (unpaired) electrons. The maximum absolute atomic E-state index is 12.5. The third-order valence-electron chi connectivity index (χ3n) is 8.69. The van der Waals surface area contributed by atoms with Crippen molar-refractivity contribution in [2.45, 2.75) is 98.1 Å². The third kappa shape index (κ3) is 4.18. The Morgan fingerprint density at radius 1 is 1.32 bits per heavy atom. The number of esters is 2. The molecule has 0 aromatic carbocycles. The van der Waals surface area contributed by atoms with Crippen molar-refractivity contribution in [1.29, 1.82) is 0 Å². The molecular formula is C25H40O6. The van der Waals surface area contributed by atoms with Crippen LogP contribution in [0, 0.1) is 34.5 Å². The first-order valence-electron chi connectivity index (χ1n) is 11.8. The Kier molecular flexibility index (Phi) is 6.66. The van der Waals surface area contributed by atoms with Gasteiger partial charge in [0, 0.05) is 11.3 Å². The standard InChI is InChI=1S/C25H40O6/c1-8-13(2)23(29)31-22-18(27)12-25(7)16(10-19-14(3)9-21(28)30-19)15(4)17(26)11-20(25)24(22,5)6/h13-14,16-20,22,26-27H,4,8-12H2,1-3,5-7H3. The van der Waals surface area contributed by atoms with E-state index in [4.69, 9.17) is 9.47 Å². The van der Waals surface area contributed by atoms with E-state index in [9.17, 15) is 19.8 Å². The number of fused-ring (bicyclic) bond motifs is 1. The fraction of sp³-hybridized carbons (Fsp3) is 0.840. The summed E-state index contributed by atoms with van der Waals surface area (Å²) in [7, 11) is 0. The maximum atomic E-state index is 12.5. The highest BCUT2D eigenvalue weighted by atomic mass is 16.6. The zero-order valence-corrected chi connectivity index (χ0v) is 19.9. The van der Waals surface area contributed by atoms with Crippen molar-refractivity contribution in [2.75, 3.05) is 0 Å². The molecule has 0 aromatic rings. The summed E-state index contributed by atoms with van der Waals surface area (Å²) in [5.74, 6) is -0.656. The average molecular weight is 437 g/mol. The van der Waals surface area contributed by atoms with Crippen LogP contribution in [0.3, 0.4) is 0 Å². The molecule has 6 heteroatoms. The van der Waals surface area contributed by atoms with Crippen LogP contribution < -0.4 is 0 Å². The van der Waals surface area contributed by atoms with Gasteiger partial charge < -0.3 is 19.7 Å². The molecule has 176 valence electrons. The van der Waals surface area contributed by atoms with E-state index in [0.717, 1.165) is 5.57 Å². The van der Waals surface area contributed by atoms with Gasteiger partial charge in [0.2, 0.25) is 0 Å². The predicted octanol–water partition coefficient (Wildman–Crippen LogP) is 3.64. The van der Waals surface area contributed by atoms with Gasteiger partial charge >= 0.3 is 11.9 Å². The van der Waals surface area contributed by atoms with Crippen LogP contribution in [-0.4, -0.2) is 46.6 Å². The number of aliphatic hydroxyl groups excluding tert-OH is 2. The minimum Gasteiger partial charge on any atom is -0.462 e. The number of ether oxygens (including phenoxy) is 2. The highest BCUT2D eigenvalue weighted by molar-refractivity contribution is 5.72. The molecule has 9 atom stereocenters. The van der Waals surface area contributed by atoms with Crippen LogP contribution in [-0.2, 0) is 19.1 Å². The van der Waals surface area contributed by atoms with E-state index in [1.54, 1.807) is 0 Å². The second-order valence-corrected chi connectivity index (χ2v) is 11.1. The van der Waals surface area contributed by atoms with Crippen molar-refractivity contribution in [3.63, 3.8) is 0 Å². The van der Waals surface area contributed by atoms with Crippen molar-refractivity contribution in [2.24, 2.45) is 34.5 Å². The number of hydrogen-bond donors (Lipinski definition) is 2. The summed E-state index contributed by atoms with van der Waals surface area (Å²) in [6, 6.07) is 0. The summed E-state index contributed by atoms with van der Waals surface area (Å²) >= 11 is 0. The van der Waals surface area contributed by atoms with Gasteiger partial charge in [0.05, 0.1) is 24.5 Å². The Hall–Kier alpha value is -1.40. The van der Waals surface area contributed by atoms with Gasteiger partial charge in [-0.1, -0.05) is 48.1 Å². The zero-order chi connectivity index (χ0) is 23.3. The number of carbonyl (C=O) groups excluding carboxylic acids is 2. The molecule has 1 aliphatic heterocycles. The van der Waals surface area contributed by atoms with Crippen molar-refractivity contribution in [3.8, 4) is 0 Å². The van der Waals surface area contributed by atoms with Crippen LogP contribution in [0.5, 0.6) is 0 Å². The Bertz CT molecular complexity index is 730. The quantitative estimate of drug-likeness (QED) is 0.505. The van der Waals surface area contributed by atoms with E-state index >= 15 is 0 Å². The minimum atomic E-state index is -0.807. The van der Waals surface area contributed by atoms with Gasteiger partial charge in [0.25, 0.3) is 0 Å². The molecule has 2 N–H and O–H groups in total. The van der Waals surface area contributed by atoms with Crippen LogP contribution in [0.2, 0.25) is 0 Å². The molecule has 6 nitrogen and oxygen atoms in total. The van der Waals surface area contributed by atoms with Crippen molar-refractivity contribution in [1.82, 2.24) is 0 Å². The van der Waals surface area contributed by atoms with E-state index in [1.807, 2.05) is 34.6 Å². The number of aliphatic hydroxyl groups is 2. The van der Waals surface area contributed by atoms with Crippen LogP contribution in [0.4, 0.5) is 0 Å². The average Bonchev–Trinajstić information content (AvgIpc) is 3.00. The van der Waals surface area contributed by atoms with Crippen LogP contribution in [0.15, 0.2) is 12.2 Å². The third-order valence-corrected chi connectivity index (χ3v) is 8.69. The number of carbonyl (C=O) groups is 2. The van der Waals surface area contributed by atoms with Crippen molar-refractivity contribution < 1.29 is 29.3 Å². The van der Waals surface area contributed by atoms with Gasteiger partial charge in [-0.2, -0.15) is 0 Å². The molecule has 3 aliphatic rings. The highest BCUT2D eigenvalue weighted by Gasteiger charge is 2.62. The molecule has 0 aromatic heterocycles. The highest BCUT2D eigenvalue weighted by Crippen LogP contribution is 2.62. The van der Waals surface area contributed by atoms with Gasteiger partial charge in [-0.15, -0.1) is 0 Å². The summed E-state index contributed by atoms with van der Waals surface area (Å²) in [6.07, 6.45) is 0.336. The SMILES string of the molecule is C=C1C(O)CC2C(C)(C)C(OC(=O)C(C)CC)C(O)CC2(C)C1CC1OC(=O)CC1C. The Morgan fingerprint density at radius 3 is 2.52 bits per heavy atom. The molecule has 1 heterocycles. The molecule has 31 heavy (non-hydrogen) atoms. The molecular weight excluding hydrogens is 396 g/mol. The summed E-state index contributed by atoms with van der Waals surface area (Å²) in [5.41, 5.74) is -0.132. The molecule has 3 fully saturated rings. The molecule has 2 saturated carbocycles. The van der Waals surface area contributed by atoms with E-state index in [2.05, 4.69) is 13.5 Å². The van der Waals surface area contributed by atoms with Gasteiger partial charge in [0.15, 0.2) is 0 Å². The second-order valence-electron chi connectivity index (χ2n) is 11.1. The molecule has 9 unspecified atom stereocenters. The first-order chi connectivity index (χ1) is 14.3. The number of rotatable bonds is 5. The summed E-state index contributed by atoms with van der Waals surface area (Å²) in [4.78, 5) is 24.4. The zero-order valence-electron chi connectivity index (χ0n) is 19.9. The summed E-state index contributed by atoms with van der Waals surface area (Å²) in [6.45, 7) is 16.2.